The number of aryl methyl sites for hydroxylation is 1. The summed E-state index contributed by atoms with van der Waals surface area (Å²) >= 11 is -1.64. The van der Waals surface area contributed by atoms with E-state index < -0.39 is 25.3 Å². The molecule has 0 radical (unpaired) electrons. The van der Waals surface area contributed by atoms with Crippen molar-refractivity contribution >= 4 is 15.2 Å². The first-order chi connectivity index (χ1) is 11.8. The van der Waals surface area contributed by atoms with Crippen molar-refractivity contribution in [3.63, 3.8) is 0 Å². The van der Waals surface area contributed by atoms with Gasteiger partial charge in [0.15, 0.2) is 0 Å². The van der Waals surface area contributed by atoms with E-state index in [0.717, 1.165) is 17.3 Å². The number of benzene rings is 2. The molecule has 2 rings (SSSR count). The summed E-state index contributed by atoms with van der Waals surface area (Å²) in [6.07, 6.45) is 1.36. The summed E-state index contributed by atoms with van der Waals surface area (Å²) in [5.41, 5.74) is 0.639. The molecule has 0 heterocycles. The first kappa shape index (κ1) is 19.3. The van der Waals surface area contributed by atoms with Gasteiger partial charge in [0.1, 0.15) is 0 Å². The Labute approximate surface area is 153 Å². The third kappa shape index (κ3) is 6.10. The van der Waals surface area contributed by atoms with Crippen molar-refractivity contribution in [2.75, 3.05) is 0 Å². The Morgan fingerprint density at radius 3 is 1.96 bits per heavy atom. The van der Waals surface area contributed by atoms with Crippen molar-refractivity contribution in [2.24, 2.45) is 0 Å². The van der Waals surface area contributed by atoms with Gasteiger partial charge in [-0.15, -0.1) is 0 Å². The fourth-order valence-corrected chi connectivity index (χ4v) is 3.43. The molecule has 2 aromatic rings. The second-order valence-corrected chi connectivity index (χ2v) is 8.45. The van der Waals surface area contributed by atoms with Crippen LogP contribution in [0.25, 0.3) is 0 Å². The van der Waals surface area contributed by atoms with Crippen molar-refractivity contribution in [3.8, 4) is 5.75 Å². The molecule has 4 nitrogen and oxygen atoms in total. The van der Waals surface area contributed by atoms with Crippen LogP contribution < -0.4 is 13.7 Å². The van der Waals surface area contributed by atoms with Gasteiger partial charge < -0.3 is 0 Å². The normalized spacial score (nSPS) is 11.8. The summed E-state index contributed by atoms with van der Waals surface area (Å²) in [5.74, 6) is 0.360. The van der Waals surface area contributed by atoms with Crippen LogP contribution in [0.2, 0.25) is 0 Å². The molecular formula is C20H24CoO4. The van der Waals surface area contributed by atoms with Gasteiger partial charge in [-0.3, -0.25) is 0 Å². The van der Waals surface area contributed by atoms with Crippen LogP contribution in [0.15, 0.2) is 48.5 Å². The Morgan fingerprint density at radius 2 is 1.48 bits per heavy atom. The maximum absolute atomic E-state index is 12.6. The fraction of sp³-hybridized carbons (Fsp3) is 0.350. The molecule has 0 aliphatic rings. The molecule has 0 saturated heterocycles. The molecule has 0 amide bonds. The summed E-state index contributed by atoms with van der Waals surface area (Å²) in [5, 5.41) is 0. The Morgan fingerprint density at radius 1 is 0.960 bits per heavy atom. The molecule has 0 unspecified atom stereocenters. The van der Waals surface area contributed by atoms with E-state index in [1.165, 1.54) is 5.56 Å². The zero-order valence-corrected chi connectivity index (χ0v) is 16.0. The summed E-state index contributed by atoms with van der Waals surface area (Å²) in [4.78, 5) is 11.7. The maximum atomic E-state index is 12.6. The molecule has 0 fully saturated rings. The monoisotopic (exact) mass is 387 g/mol. The fourth-order valence-electron chi connectivity index (χ4n) is 2.11. The minimum atomic E-state index is -1.64. The molecule has 0 spiro atoms. The van der Waals surface area contributed by atoms with Crippen LogP contribution in [-0.2, 0) is 28.6 Å². The van der Waals surface area contributed by atoms with Crippen LogP contribution in [0.1, 0.15) is 39.7 Å². The van der Waals surface area contributed by atoms with Crippen LogP contribution in [0.4, 0.5) is 4.79 Å². The molecule has 0 aromatic heterocycles. The van der Waals surface area contributed by atoms with Crippen LogP contribution in [0.5, 0.6) is 5.75 Å². The number of hydrogen-bond acceptors (Lipinski definition) is 4. The zero-order valence-electron chi connectivity index (χ0n) is 15.0. The van der Waals surface area contributed by atoms with Crippen molar-refractivity contribution < 1.29 is 31.7 Å². The van der Waals surface area contributed by atoms with Crippen LogP contribution in [0.3, 0.4) is 0 Å². The second kappa shape index (κ2) is 8.40. The van der Waals surface area contributed by atoms with Gasteiger partial charge in [0, 0.05) is 0 Å². The Kier molecular flexibility index (Phi) is 6.50. The predicted molar refractivity (Wildman–Crippen MR) is 93.7 cm³/mol. The van der Waals surface area contributed by atoms with Crippen LogP contribution in [0, 0.1) is 0 Å². The van der Waals surface area contributed by atoms with E-state index in [2.05, 4.69) is 6.92 Å². The number of ether oxygens (including phenoxy) is 2. The first-order valence-corrected chi connectivity index (χ1v) is 9.66. The zero-order chi connectivity index (χ0) is 18.4. The molecule has 0 aliphatic heterocycles. The van der Waals surface area contributed by atoms with Crippen molar-refractivity contribution in [2.45, 2.75) is 46.1 Å². The quantitative estimate of drug-likeness (QED) is 0.577. The average molecular weight is 387 g/mol. The summed E-state index contributed by atoms with van der Waals surface area (Å²) in [6, 6.07) is 14.5. The van der Waals surface area contributed by atoms with Gasteiger partial charge in [-0.1, -0.05) is 0 Å². The Bertz CT molecular complexity index is 728. The topological polar surface area (TPSA) is 52.6 Å². The average Bonchev–Trinajstić information content (AvgIpc) is 2.54. The van der Waals surface area contributed by atoms with Crippen molar-refractivity contribution in [1.82, 2.24) is 0 Å². The van der Waals surface area contributed by atoms with E-state index in [-0.39, 0.29) is 0 Å². The summed E-state index contributed by atoms with van der Waals surface area (Å²) < 4.78 is 24.3. The van der Waals surface area contributed by atoms with E-state index >= 15 is 0 Å². The van der Waals surface area contributed by atoms with E-state index in [9.17, 15) is 8.66 Å². The number of carbonyl (C=O) groups excluding carboxylic acids is 1. The van der Waals surface area contributed by atoms with Gasteiger partial charge >= 0.3 is 153 Å². The standard InChI is InChI=1S/C11H13O3.C9H11.Co.O/c1-11(2,3)14-10(12)13-9-7-5-4-6-8-9;1-2-6-9-7-4-3-5-8-9;;/h5-8H,1-3H3;4-5,7-8H,2,6H2,1H3;;. The van der Waals surface area contributed by atoms with Crippen molar-refractivity contribution in [1.29, 1.82) is 0 Å². The number of hydrogen-bond donors (Lipinski definition) is 0. The van der Waals surface area contributed by atoms with Gasteiger partial charge in [-0.2, -0.15) is 0 Å². The third-order valence-electron chi connectivity index (χ3n) is 3.18. The van der Waals surface area contributed by atoms with Gasteiger partial charge in [-0.05, 0) is 0 Å². The van der Waals surface area contributed by atoms with Gasteiger partial charge in [0.2, 0.25) is 0 Å². The van der Waals surface area contributed by atoms with E-state index in [1.54, 1.807) is 45.0 Å². The third-order valence-corrected chi connectivity index (χ3v) is 4.96. The van der Waals surface area contributed by atoms with E-state index in [4.69, 9.17) is 9.47 Å². The molecule has 137 valence electrons. The molecule has 0 N–H and O–H groups in total. The molecular weight excluding hydrogens is 363 g/mol. The molecule has 25 heavy (non-hydrogen) atoms. The van der Waals surface area contributed by atoms with E-state index in [1.807, 2.05) is 24.3 Å². The van der Waals surface area contributed by atoms with Gasteiger partial charge in [-0.25, -0.2) is 0 Å². The summed E-state index contributed by atoms with van der Waals surface area (Å²) in [6.45, 7) is 7.45. The summed E-state index contributed by atoms with van der Waals surface area (Å²) in [7, 11) is 0. The molecule has 0 atom stereocenters. The minimum absolute atomic E-state index is 0.360. The number of carbonyl (C=O) groups is 1. The van der Waals surface area contributed by atoms with Crippen molar-refractivity contribution in [3.05, 3.63) is 54.1 Å². The van der Waals surface area contributed by atoms with Crippen LogP contribution >= 0.6 is 0 Å². The molecule has 0 aliphatic carbocycles. The molecule has 0 saturated carbocycles. The first-order valence-electron chi connectivity index (χ1n) is 8.19. The van der Waals surface area contributed by atoms with E-state index in [0.29, 0.717) is 10.2 Å². The SMILES string of the molecule is CCCc1cc[c]([Co](=[O])[c]2ccc(OC(=O)OC(C)(C)C)cc2)cc1. The van der Waals surface area contributed by atoms with Crippen LogP contribution in [-0.4, -0.2) is 11.8 Å². The predicted octanol–water partition coefficient (Wildman–Crippen LogP) is 3.87. The molecule has 5 heteroatoms. The number of rotatable bonds is 5. The molecule has 2 aromatic carbocycles. The Balaban J connectivity index is 2.03. The van der Waals surface area contributed by atoms with Gasteiger partial charge in [0.05, 0.1) is 0 Å². The van der Waals surface area contributed by atoms with Gasteiger partial charge in [0.25, 0.3) is 0 Å². The second-order valence-electron chi connectivity index (χ2n) is 6.56. The molecule has 0 bridgehead atoms. The Hall–Kier alpha value is -1.98.